The number of hydrogen-bond acceptors (Lipinski definition) is 4. The molecule has 6 nitrogen and oxygen atoms in total. The Morgan fingerprint density at radius 3 is 2.34 bits per heavy atom. The normalized spacial score (nSPS) is 25.5. The highest BCUT2D eigenvalue weighted by Gasteiger charge is 2.35. The summed E-state index contributed by atoms with van der Waals surface area (Å²) in [6, 6.07) is 0. The van der Waals surface area contributed by atoms with Gasteiger partial charge in [0.05, 0.1) is 18.8 Å². The van der Waals surface area contributed by atoms with Crippen LogP contribution >= 0.6 is 24.0 Å². The second-order valence-electron chi connectivity index (χ2n) is 9.47. The molecule has 0 radical (unpaired) electrons. The van der Waals surface area contributed by atoms with Crippen LogP contribution in [0.25, 0.3) is 0 Å². The minimum Gasteiger partial charge on any atom is -0.385 e. The van der Waals surface area contributed by atoms with Crippen LogP contribution in [0.2, 0.25) is 0 Å². The molecule has 0 aromatic rings. The van der Waals surface area contributed by atoms with Crippen LogP contribution in [0.15, 0.2) is 4.99 Å². The van der Waals surface area contributed by atoms with Gasteiger partial charge in [-0.25, -0.2) is 0 Å². The number of morpholine rings is 1. The largest absolute Gasteiger partial charge is 0.385 e. The molecule has 1 saturated heterocycles. The molecule has 1 saturated carbocycles. The maximum atomic E-state index is 5.90. The van der Waals surface area contributed by atoms with Gasteiger partial charge < -0.3 is 20.1 Å². The van der Waals surface area contributed by atoms with Gasteiger partial charge in [0.2, 0.25) is 0 Å². The first-order valence-electron chi connectivity index (χ1n) is 11.2. The molecule has 2 unspecified atom stereocenters. The first-order valence-corrected chi connectivity index (χ1v) is 11.2. The molecule has 1 aliphatic carbocycles. The second-order valence-corrected chi connectivity index (χ2v) is 9.47. The quantitative estimate of drug-likeness (QED) is 0.274. The number of aliphatic imine (C=N–C) groups is 1. The van der Waals surface area contributed by atoms with Gasteiger partial charge in [0.15, 0.2) is 5.96 Å². The Balaban J connectivity index is 0.00000420. The fraction of sp³-hybridized carbons (Fsp3) is 0.955. The number of guanidine groups is 1. The molecule has 2 fully saturated rings. The van der Waals surface area contributed by atoms with Crippen molar-refractivity contribution in [3.05, 3.63) is 0 Å². The SMILES string of the molecule is CCNC(=NCC(C)(C)N1CC(C)OC(C)C1)NCC1(CCOC)CCCC1.I. The van der Waals surface area contributed by atoms with Crippen LogP contribution in [0, 0.1) is 5.41 Å². The Morgan fingerprint density at radius 1 is 1.17 bits per heavy atom. The van der Waals surface area contributed by atoms with Crippen molar-refractivity contribution in [2.45, 2.75) is 84.5 Å². The molecule has 2 rings (SSSR count). The summed E-state index contributed by atoms with van der Waals surface area (Å²) in [7, 11) is 1.80. The molecule has 2 atom stereocenters. The van der Waals surface area contributed by atoms with E-state index in [9.17, 15) is 0 Å². The molecule has 2 aliphatic rings. The van der Waals surface area contributed by atoms with Gasteiger partial charge >= 0.3 is 0 Å². The molecule has 1 aliphatic heterocycles. The van der Waals surface area contributed by atoms with Crippen molar-refractivity contribution in [2.75, 3.05) is 46.4 Å². The average Bonchev–Trinajstić information content (AvgIpc) is 3.11. The van der Waals surface area contributed by atoms with Gasteiger partial charge in [-0.15, -0.1) is 24.0 Å². The van der Waals surface area contributed by atoms with E-state index in [-0.39, 0.29) is 41.7 Å². The predicted octanol–water partition coefficient (Wildman–Crippen LogP) is 3.64. The van der Waals surface area contributed by atoms with Crippen molar-refractivity contribution in [1.82, 2.24) is 15.5 Å². The number of nitrogens with one attached hydrogen (secondary N) is 2. The third-order valence-electron chi connectivity index (χ3n) is 6.38. The molecule has 0 aromatic carbocycles. The number of methoxy groups -OCH3 is 1. The maximum absolute atomic E-state index is 5.90. The number of hydrogen-bond donors (Lipinski definition) is 2. The topological polar surface area (TPSA) is 58.1 Å². The Hall–Kier alpha value is -0.120. The summed E-state index contributed by atoms with van der Waals surface area (Å²) < 4.78 is 11.3. The minimum atomic E-state index is 0. The standard InChI is InChI=1S/C22H44N4O2.HI/c1-7-23-20(25-17-22(12-13-27-6)10-8-9-11-22)24-16-21(4,5)26-14-18(2)28-19(3)15-26;/h18-19H,7-17H2,1-6H3,(H2,23,24,25);1H. The summed E-state index contributed by atoms with van der Waals surface area (Å²) in [5, 5.41) is 7.08. The summed E-state index contributed by atoms with van der Waals surface area (Å²) in [5.41, 5.74) is 0.368. The third kappa shape index (κ3) is 8.50. The van der Waals surface area contributed by atoms with Crippen molar-refractivity contribution < 1.29 is 9.47 Å². The zero-order valence-electron chi connectivity index (χ0n) is 19.6. The van der Waals surface area contributed by atoms with Crippen LogP contribution < -0.4 is 10.6 Å². The smallest absolute Gasteiger partial charge is 0.191 e. The maximum Gasteiger partial charge on any atom is 0.191 e. The van der Waals surface area contributed by atoms with Gasteiger partial charge in [-0.1, -0.05) is 12.8 Å². The van der Waals surface area contributed by atoms with E-state index in [2.05, 4.69) is 50.2 Å². The van der Waals surface area contributed by atoms with Crippen molar-refractivity contribution in [3.8, 4) is 0 Å². The van der Waals surface area contributed by atoms with E-state index in [0.717, 1.165) is 51.7 Å². The summed E-state index contributed by atoms with van der Waals surface area (Å²) in [4.78, 5) is 7.49. The highest BCUT2D eigenvalue weighted by molar-refractivity contribution is 14.0. The summed E-state index contributed by atoms with van der Waals surface area (Å²) >= 11 is 0. The van der Waals surface area contributed by atoms with Crippen LogP contribution in [0.4, 0.5) is 0 Å². The van der Waals surface area contributed by atoms with E-state index < -0.39 is 0 Å². The Labute approximate surface area is 196 Å². The molecule has 0 bridgehead atoms. The van der Waals surface area contributed by atoms with E-state index in [1.165, 1.54) is 25.7 Å². The predicted molar refractivity (Wildman–Crippen MR) is 132 cm³/mol. The van der Waals surface area contributed by atoms with Crippen LogP contribution in [-0.2, 0) is 9.47 Å². The van der Waals surface area contributed by atoms with E-state index in [4.69, 9.17) is 14.5 Å². The van der Waals surface area contributed by atoms with Crippen molar-refractivity contribution in [2.24, 2.45) is 10.4 Å². The fourth-order valence-electron chi connectivity index (χ4n) is 4.62. The molecule has 0 spiro atoms. The zero-order valence-corrected chi connectivity index (χ0v) is 21.9. The van der Waals surface area contributed by atoms with E-state index >= 15 is 0 Å². The van der Waals surface area contributed by atoms with E-state index in [1.807, 2.05) is 0 Å². The molecule has 0 aromatic heterocycles. The van der Waals surface area contributed by atoms with Crippen LogP contribution in [0.5, 0.6) is 0 Å². The molecule has 172 valence electrons. The first kappa shape index (κ1) is 26.9. The van der Waals surface area contributed by atoms with Crippen molar-refractivity contribution in [3.63, 3.8) is 0 Å². The lowest BCUT2D eigenvalue weighted by Gasteiger charge is -2.44. The summed E-state index contributed by atoms with van der Waals surface area (Å²) in [6.07, 6.45) is 6.93. The minimum absolute atomic E-state index is 0. The van der Waals surface area contributed by atoms with Crippen LogP contribution in [0.3, 0.4) is 0 Å². The number of nitrogens with zero attached hydrogens (tertiary/aromatic N) is 2. The highest BCUT2D eigenvalue weighted by Crippen LogP contribution is 2.40. The Bertz CT molecular complexity index is 485. The van der Waals surface area contributed by atoms with Crippen molar-refractivity contribution >= 4 is 29.9 Å². The fourth-order valence-corrected chi connectivity index (χ4v) is 4.62. The molecule has 2 N–H and O–H groups in total. The van der Waals surface area contributed by atoms with E-state index in [1.54, 1.807) is 7.11 Å². The van der Waals surface area contributed by atoms with Gasteiger partial charge in [-0.2, -0.15) is 0 Å². The second kappa shape index (κ2) is 12.7. The number of rotatable bonds is 9. The van der Waals surface area contributed by atoms with Crippen LogP contribution in [0.1, 0.15) is 66.7 Å². The lowest BCUT2D eigenvalue weighted by Crippen LogP contribution is -2.56. The van der Waals surface area contributed by atoms with Crippen LogP contribution in [-0.4, -0.2) is 75.0 Å². The number of ether oxygens (including phenoxy) is 2. The third-order valence-corrected chi connectivity index (χ3v) is 6.38. The van der Waals surface area contributed by atoms with Gasteiger partial charge in [-0.05, 0) is 59.3 Å². The first-order chi connectivity index (χ1) is 13.3. The van der Waals surface area contributed by atoms with Gasteiger partial charge in [0.1, 0.15) is 0 Å². The van der Waals surface area contributed by atoms with Gasteiger partial charge in [0.25, 0.3) is 0 Å². The molecule has 1 heterocycles. The lowest BCUT2D eigenvalue weighted by atomic mass is 9.83. The lowest BCUT2D eigenvalue weighted by molar-refractivity contribution is -0.0939. The zero-order chi connectivity index (χ0) is 20.6. The summed E-state index contributed by atoms with van der Waals surface area (Å²) in [6.45, 7) is 16.4. The van der Waals surface area contributed by atoms with E-state index in [0.29, 0.717) is 5.41 Å². The molecule has 29 heavy (non-hydrogen) atoms. The number of halogens is 1. The average molecular weight is 525 g/mol. The highest BCUT2D eigenvalue weighted by atomic mass is 127. The van der Waals surface area contributed by atoms with Gasteiger partial charge in [-0.3, -0.25) is 9.89 Å². The molecular weight excluding hydrogens is 479 g/mol. The van der Waals surface area contributed by atoms with Crippen molar-refractivity contribution in [1.29, 1.82) is 0 Å². The molecule has 7 heteroatoms. The monoisotopic (exact) mass is 524 g/mol. The Kier molecular flexibility index (Phi) is 11.8. The summed E-state index contributed by atoms with van der Waals surface area (Å²) in [5.74, 6) is 0.939. The van der Waals surface area contributed by atoms with Gasteiger partial charge in [0, 0.05) is 45.4 Å². The Morgan fingerprint density at radius 2 is 1.79 bits per heavy atom. The molecule has 0 amide bonds. The molecular formula is C22H45IN4O2.